The molecule has 1 aromatic heterocycles. The number of carbonyl (C=O) groups excluding carboxylic acids is 1. The Morgan fingerprint density at radius 1 is 1.57 bits per heavy atom. The summed E-state index contributed by atoms with van der Waals surface area (Å²) in [5.41, 5.74) is 0.0912. The molecule has 1 unspecified atom stereocenters. The molecule has 7 heteroatoms. The van der Waals surface area contributed by atoms with Crippen LogP contribution in [0.3, 0.4) is 0 Å². The van der Waals surface area contributed by atoms with Crippen molar-refractivity contribution < 1.29 is 4.79 Å². The minimum atomic E-state index is 0.0912. The average Bonchev–Trinajstić information content (AvgIpc) is 3.10. The number of imidazole rings is 1. The fourth-order valence-corrected chi connectivity index (χ4v) is 3.69. The molecule has 2 saturated heterocycles. The second-order valence-electron chi connectivity index (χ2n) is 6.62. The number of aromatic nitrogens is 2. The van der Waals surface area contributed by atoms with Gasteiger partial charge in [0, 0.05) is 64.0 Å². The van der Waals surface area contributed by atoms with Gasteiger partial charge in [0.1, 0.15) is 5.82 Å². The minimum Gasteiger partial charge on any atom is -0.355 e. The first-order valence-electron chi connectivity index (χ1n) is 8.32. The molecule has 3 rings (SSSR count). The van der Waals surface area contributed by atoms with Crippen LogP contribution in [-0.4, -0.2) is 59.5 Å². The number of aliphatic imine (C=N–C) groups is 1. The highest BCUT2D eigenvalue weighted by atomic mass is 16.1. The molecule has 0 aliphatic carbocycles. The molecule has 0 saturated carbocycles. The molecular formula is C16H26N6O. The third-order valence-electron chi connectivity index (χ3n) is 4.93. The third-order valence-corrected chi connectivity index (χ3v) is 4.93. The van der Waals surface area contributed by atoms with Gasteiger partial charge in [0.15, 0.2) is 5.96 Å². The van der Waals surface area contributed by atoms with Gasteiger partial charge in [-0.1, -0.05) is 0 Å². The topological polar surface area (TPSA) is 74.6 Å². The Morgan fingerprint density at radius 3 is 3.09 bits per heavy atom. The summed E-state index contributed by atoms with van der Waals surface area (Å²) in [5.74, 6) is 2.14. The van der Waals surface area contributed by atoms with Crippen LogP contribution in [-0.2, 0) is 11.3 Å². The first kappa shape index (κ1) is 15.8. The number of carbonyl (C=O) groups is 1. The lowest BCUT2D eigenvalue weighted by Crippen LogP contribution is -2.51. The Morgan fingerprint density at radius 2 is 2.43 bits per heavy atom. The van der Waals surface area contributed by atoms with Gasteiger partial charge in [0.05, 0.1) is 0 Å². The third kappa shape index (κ3) is 3.48. The summed E-state index contributed by atoms with van der Waals surface area (Å²) < 4.78 is 2.12. The van der Waals surface area contributed by atoms with Crippen molar-refractivity contribution in [2.45, 2.75) is 32.7 Å². The van der Waals surface area contributed by atoms with E-state index >= 15 is 0 Å². The SMILES string of the molecule is CN=C(NCCn1ccnc1C)N1CCCC2(CNC(=O)C2)C1. The highest BCUT2D eigenvalue weighted by Crippen LogP contribution is 2.35. The van der Waals surface area contributed by atoms with Crippen molar-refractivity contribution >= 4 is 11.9 Å². The van der Waals surface area contributed by atoms with Gasteiger partial charge in [-0.05, 0) is 19.8 Å². The van der Waals surface area contributed by atoms with Crippen LogP contribution in [0.5, 0.6) is 0 Å². The van der Waals surface area contributed by atoms with Crippen molar-refractivity contribution in [3.05, 3.63) is 18.2 Å². The van der Waals surface area contributed by atoms with Gasteiger partial charge >= 0.3 is 0 Å². The summed E-state index contributed by atoms with van der Waals surface area (Å²) in [6.45, 7) is 6.38. The number of piperidine rings is 1. The van der Waals surface area contributed by atoms with Gasteiger partial charge in [-0.3, -0.25) is 9.79 Å². The number of rotatable bonds is 3. The monoisotopic (exact) mass is 318 g/mol. The van der Waals surface area contributed by atoms with Crippen LogP contribution >= 0.6 is 0 Å². The van der Waals surface area contributed by atoms with Crippen molar-refractivity contribution in [3.63, 3.8) is 0 Å². The number of nitrogens with one attached hydrogen (secondary N) is 2. The second kappa shape index (κ2) is 6.60. The van der Waals surface area contributed by atoms with Crippen LogP contribution in [0, 0.1) is 12.3 Å². The number of likely N-dealkylation sites (tertiary alicyclic amines) is 1. The Labute approximate surface area is 137 Å². The number of amides is 1. The first-order chi connectivity index (χ1) is 11.1. The standard InChI is InChI=1S/C16H26N6O/c1-13-18-5-8-21(13)9-6-19-15(17-2)22-7-3-4-16(12-22)10-14(23)20-11-16/h5,8H,3-4,6-7,9-12H2,1-2H3,(H,17,19)(H,20,23). The summed E-state index contributed by atoms with van der Waals surface area (Å²) in [6, 6.07) is 0. The molecule has 2 aliphatic heterocycles. The van der Waals surface area contributed by atoms with Gasteiger partial charge in [0.25, 0.3) is 0 Å². The van der Waals surface area contributed by atoms with Crippen molar-refractivity contribution in [3.8, 4) is 0 Å². The molecule has 0 radical (unpaired) electrons. The van der Waals surface area contributed by atoms with Gasteiger partial charge < -0.3 is 20.1 Å². The summed E-state index contributed by atoms with van der Waals surface area (Å²) in [7, 11) is 1.82. The Kier molecular flexibility index (Phi) is 4.54. The Balaban J connectivity index is 1.55. The maximum absolute atomic E-state index is 11.6. The number of hydrogen-bond donors (Lipinski definition) is 2. The molecule has 2 N–H and O–H groups in total. The normalized spacial score (nSPS) is 25.0. The lowest BCUT2D eigenvalue weighted by atomic mass is 9.79. The predicted octanol–water partition coefficient (Wildman–Crippen LogP) is 0.369. The van der Waals surface area contributed by atoms with Crippen molar-refractivity contribution in [2.75, 3.05) is 33.2 Å². The lowest BCUT2D eigenvalue weighted by molar-refractivity contribution is -0.119. The van der Waals surface area contributed by atoms with E-state index in [0.717, 1.165) is 57.3 Å². The minimum absolute atomic E-state index is 0.0912. The average molecular weight is 318 g/mol. The molecule has 2 aliphatic rings. The zero-order valence-corrected chi connectivity index (χ0v) is 14.0. The number of guanidine groups is 1. The van der Waals surface area contributed by atoms with E-state index in [2.05, 4.69) is 30.1 Å². The molecule has 1 spiro atoms. The van der Waals surface area contributed by atoms with Crippen LogP contribution in [0.2, 0.25) is 0 Å². The summed E-state index contributed by atoms with van der Waals surface area (Å²) in [4.78, 5) is 22.6. The highest BCUT2D eigenvalue weighted by Gasteiger charge is 2.42. The largest absolute Gasteiger partial charge is 0.355 e. The quantitative estimate of drug-likeness (QED) is 0.624. The Hall–Kier alpha value is -2.05. The van der Waals surface area contributed by atoms with E-state index in [1.165, 1.54) is 0 Å². The fraction of sp³-hybridized carbons (Fsp3) is 0.688. The Bertz CT molecular complexity index is 595. The lowest BCUT2D eigenvalue weighted by Gasteiger charge is -2.40. The molecule has 1 atom stereocenters. The van der Waals surface area contributed by atoms with Gasteiger partial charge in [-0.15, -0.1) is 0 Å². The van der Waals surface area contributed by atoms with Gasteiger partial charge in [-0.25, -0.2) is 4.98 Å². The van der Waals surface area contributed by atoms with E-state index in [4.69, 9.17) is 0 Å². The second-order valence-corrected chi connectivity index (χ2v) is 6.62. The van der Waals surface area contributed by atoms with E-state index in [-0.39, 0.29) is 11.3 Å². The van der Waals surface area contributed by atoms with Gasteiger partial charge in [-0.2, -0.15) is 0 Å². The van der Waals surface area contributed by atoms with Crippen molar-refractivity contribution in [1.29, 1.82) is 0 Å². The zero-order valence-electron chi connectivity index (χ0n) is 14.0. The molecule has 2 fully saturated rings. The summed E-state index contributed by atoms with van der Waals surface area (Å²) >= 11 is 0. The van der Waals surface area contributed by atoms with E-state index in [1.807, 2.05) is 26.4 Å². The fourth-order valence-electron chi connectivity index (χ4n) is 3.69. The maximum atomic E-state index is 11.6. The van der Waals surface area contributed by atoms with Crippen LogP contribution in [0.25, 0.3) is 0 Å². The molecule has 0 bridgehead atoms. The van der Waals surface area contributed by atoms with Crippen molar-refractivity contribution in [1.82, 2.24) is 25.1 Å². The van der Waals surface area contributed by atoms with E-state index in [9.17, 15) is 4.79 Å². The maximum Gasteiger partial charge on any atom is 0.220 e. The number of nitrogens with zero attached hydrogens (tertiary/aromatic N) is 4. The van der Waals surface area contributed by atoms with Gasteiger partial charge in [0.2, 0.25) is 5.91 Å². The zero-order chi connectivity index (χ0) is 16.3. The van der Waals surface area contributed by atoms with Crippen LogP contribution in [0.15, 0.2) is 17.4 Å². The van der Waals surface area contributed by atoms with Crippen LogP contribution < -0.4 is 10.6 Å². The molecular weight excluding hydrogens is 292 g/mol. The molecule has 1 amide bonds. The first-order valence-corrected chi connectivity index (χ1v) is 8.32. The number of hydrogen-bond acceptors (Lipinski definition) is 3. The highest BCUT2D eigenvalue weighted by molar-refractivity contribution is 5.81. The van der Waals surface area contributed by atoms with E-state index < -0.39 is 0 Å². The molecule has 7 nitrogen and oxygen atoms in total. The smallest absolute Gasteiger partial charge is 0.220 e. The summed E-state index contributed by atoms with van der Waals surface area (Å²) in [5, 5.41) is 6.43. The summed E-state index contributed by atoms with van der Waals surface area (Å²) in [6.07, 6.45) is 6.69. The van der Waals surface area contributed by atoms with E-state index in [0.29, 0.717) is 6.42 Å². The molecule has 0 aromatic carbocycles. The van der Waals surface area contributed by atoms with Crippen molar-refractivity contribution in [2.24, 2.45) is 10.4 Å². The van der Waals surface area contributed by atoms with E-state index in [1.54, 1.807) is 0 Å². The molecule has 23 heavy (non-hydrogen) atoms. The molecule has 3 heterocycles. The predicted molar refractivity (Wildman–Crippen MR) is 89.2 cm³/mol. The number of aryl methyl sites for hydroxylation is 1. The van der Waals surface area contributed by atoms with Crippen LogP contribution in [0.4, 0.5) is 0 Å². The van der Waals surface area contributed by atoms with Crippen LogP contribution in [0.1, 0.15) is 25.1 Å². The molecule has 1 aromatic rings. The molecule has 126 valence electrons.